The molecule has 0 atom stereocenters. The Morgan fingerprint density at radius 1 is 1.18 bits per heavy atom. The number of rotatable bonds is 4. The van der Waals surface area contributed by atoms with Crippen LogP contribution in [-0.2, 0) is 0 Å². The van der Waals surface area contributed by atoms with E-state index in [9.17, 15) is 0 Å². The van der Waals surface area contributed by atoms with E-state index >= 15 is 0 Å². The molecule has 2 aromatic carbocycles. The van der Waals surface area contributed by atoms with Crippen molar-refractivity contribution in [3.05, 3.63) is 42.5 Å². The maximum Gasteiger partial charge on any atom is 2.00 e. The first-order valence-electron chi connectivity index (χ1n) is 5.43. The summed E-state index contributed by atoms with van der Waals surface area (Å²) in [5.41, 5.74) is 0. The van der Waals surface area contributed by atoms with Gasteiger partial charge in [-0.1, -0.05) is 13.3 Å². The maximum atomic E-state index is 5.64. The third-order valence-electron chi connectivity index (χ3n) is 2.42. The summed E-state index contributed by atoms with van der Waals surface area (Å²) in [6, 6.07) is 15.2. The largest absolute Gasteiger partial charge is 2.00 e. The van der Waals surface area contributed by atoms with Crippen molar-refractivity contribution < 1.29 is 21.7 Å². The van der Waals surface area contributed by atoms with Gasteiger partial charge in [0.2, 0.25) is 0 Å². The summed E-state index contributed by atoms with van der Waals surface area (Å²) in [5.74, 6) is 0.960. The molecule has 0 unspecified atom stereocenters. The Bertz CT molecular complexity index is 445. The monoisotopic (exact) mass is 302 g/mol. The third kappa shape index (κ3) is 4.86. The molecule has 0 saturated heterocycles. The molecule has 1 nitrogen and oxygen atoms in total. The quantitative estimate of drug-likeness (QED) is 0.452. The van der Waals surface area contributed by atoms with E-state index in [4.69, 9.17) is 4.74 Å². The van der Waals surface area contributed by atoms with Gasteiger partial charge in [0.15, 0.2) is 0 Å². The van der Waals surface area contributed by atoms with Crippen molar-refractivity contribution in [2.45, 2.75) is 19.8 Å². The van der Waals surface area contributed by atoms with Gasteiger partial charge in [0, 0.05) is 0 Å². The van der Waals surface area contributed by atoms with E-state index in [1.165, 1.54) is 17.2 Å². The molecular weight excluding hydrogens is 288 g/mol. The summed E-state index contributed by atoms with van der Waals surface area (Å²) < 4.78 is 5.64. The first kappa shape index (κ1) is 16.7. The number of ether oxygens (including phenoxy) is 1. The molecule has 0 aliphatic carbocycles. The zero-order valence-electron chi connectivity index (χ0n) is 10.1. The van der Waals surface area contributed by atoms with Gasteiger partial charge in [-0.2, -0.15) is 24.3 Å². The molecule has 2 aromatic rings. The van der Waals surface area contributed by atoms with Crippen molar-refractivity contribution in [3.8, 4) is 5.75 Å². The van der Waals surface area contributed by atoms with Crippen molar-refractivity contribution in [1.82, 2.24) is 0 Å². The number of benzene rings is 2. The molecule has 0 heterocycles. The molecule has 0 aliphatic rings. The number of hydrogen-bond acceptors (Lipinski definition) is 1. The first-order chi connectivity index (χ1) is 7.40. The Hall–Kier alpha value is -0.254. The topological polar surface area (TPSA) is 9.23 Å². The summed E-state index contributed by atoms with van der Waals surface area (Å²) in [6.07, 6.45) is 2.28. The van der Waals surface area contributed by atoms with Crippen LogP contribution in [0.2, 0.25) is 0 Å². The van der Waals surface area contributed by atoms with Crippen molar-refractivity contribution in [3.63, 3.8) is 0 Å². The van der Waals surface area contributed by atoms with E-state index < -0.39 is 0 Å². The fourth-order valence-electron chi connectivity index (χ4n) is 1.53. The Labute approximate surface area is 129 Å². The van der Waals surface area contributed by atoms with E-state index in [0.717, 1.165) is 18.8 Å². The second kappa shape index (κ2) is 8.78. The van der Waals surface area contributed by atoms with Gasteiger partial charge in [0.1, 0.15) is 5.75 Å². The van der Waals surface area contributed by atoms with Crippen LogP contribution in [-0.4, -0.2) is 29.7 Å². The van der Waals surface area contributed by atoms with Gasteiger partial charge in [0.25, 0.3) is 0 Å². The van der Waals surface area contributed by atoms with Gasteiger partial charge in [-0.3, -0.25) is 0 Å². The normalized spacial score (nSPS) is 9.24. The number of halogens is 1. The number of hydrogen-bond donors (Lipinski definition) is 0. The number of fused-ring (bicyclic) bond motifs is 1. The van der Waals surface area contributed by atoms with E-state index in [0.29, 0.717) is 0 Å². The fraction of sp³-hybridized carbons (Fsp3) is 0.286. The van der Waals surface area contributed by atoms with Gasteiger partial charge in [0.05, 0.1) is 6.61 Å². The van der Waals surface area contributed by atoms with Crippen LogP contribution in [0.25, 0.3) is 10.8 Å². The Morgan fingerprint density at radius 2 is 2.00 bits per heavy atom. The standard InChI is InChI=1S/C14H15O.BrH.Mg/c1-2-3-10-15-14-9-8-12-6-4-5-7-13(12)11-14;;/h5-9,11H,2-3,10H2,1H3;1H;/q-1;;+2/p-1. The van der Waals surface area contributed by atoms with Crippen LogP contribution < -0.4 is 21.7 Å². The molecule has 86 valence electrons. The summed E-state index contributed by atoms with van der Waals surface area (Å²) in [5, 5.41) is 2.42. The van der Waals surface area contributed by atoms with Crippen LogP contribution in [0.15, 0.2) is 36.4 Å². The molecule has 0 bridgehead atoms. The van der Waals surface area contributed by atoms with Crippen LogP contribution in [0.1, 0.15) is 19.8 Å². The van der Waals surface area contributed by atoms with E-state index in [1.54, 1.807) is 0 Å². The first-order valence-corrected chi connectivity index (χ1v) is 5.43. The van der Waals surface area contributed by atoms with Crippen LogP contribution in [0.5, 0.6) is 5.75 Å². The average molecular weight is 303 g/mol. The van der Waals surface area contributed by atoms with Crippen LogP contribution in [0.4, 0.5) is 0 Å². The molecule has 0 aromatic heterocycles. The zero-order chi connectivity index (χ0) is 10.5. The minimum absolute atomic E-state index is 0. The Morgan fingerprint density at radius 3 is 2.76 bits per heavy atom. The smallest absolute Gasteiger partial charge is 1.00 e. The van der Waals surface area contributed by atoms with Crippen molar-refractivity contribution in [2.24, 2.45) is 0 Å². The van der Waals surface area contributed by atoms with Gasteiger partial charge in [-0.15, -0.1) is 16.8 Å². The molecule has 0 spiro atoms. The molecule has 2 rings (SSSR count). The molecule has 0 aliphatic heterocycles. The Balaban J connectivity index is 0.00000128. The van der Waals surface area contributed by atoms with Crippen molar-refractivity contribution >= 4 is 33.8 Å². The summed E-state index contributed by atoms with van der Waals surface area (Å²) in [7, 11) is 0. The van der Waals surface area contributed by atoms with Gasteiger partial charge in [-0.25, -0.2) is 0 Å². The Kier molecular flexibility index (Phi) is 8.65. The van der Waals surface area contributed by atoms with Gasteiger partial charge in [-0.05, 0) is 18.6 Å². The molecule has 0 radical (unpaired) electrons. The fourth-order valence-corrected chi connectivity index (χ4v) is 1.53. The molecule has 17 heavy (non-hydrogen) atoms. The van der Waals surface area contributed by atoms with Crippen molar-refractivity contribution in [2.75, 3.05) is 6.61 Å². The third-order valence-corrected chi connectivity index (χ3v) is 2.42. The zero-order valence-corrected chi connectivity index (χ0v) is 13.1. The van der Waals surface area contributed by atoms with Crippen LogP contribution >= 0.6 is 0 Å². The summed E-state index contributed by atoms with van der Waals surface area (Å²) in [6.45, 7) is 2.97. The second-order valence-corrected chi connectivity index (χ2v) is 3.64. The summed E-state index contributed by atoms with van der Waals surface area (Å²) in [4.78, 5) is 0. The molecule has 0 amide bonds. The predicted octanol–water partition coefficient (Wildman–Crippen LogP) is 0.442. The molecule has 0 N–H and O–H groups in total. The molecule has 0 saturated carbocycles. The van der Waals surface area contributed by atoms with Crippen LogP contribution in [0, 0.1) is 6.07 Å². The molecular formula is C14H15BrMgO. The van der Waals surface area contributed by atoms with E-state index in [2.05, 4.69) is 31.2 Å². The summed E-state index contributed by atoms with van der Waals surface area (Å²) >= 11 is 0. The second-order valence-electron chi connectivity index (χ2n) is 3.64. The molecule has 0 fully saturated rings. The van der Waals surface area contributed by atoms with Gasteiger partial charge < -0.3 is 21.7 Å². The molecule has 3 heteroatoms. The minimum Gasteiger partial charge on any atom is -1.00 e. The number of unbranched alkanes of at least 4 members (excludes halogenated alkanes) is 1. The average Bonchev–Trinajstić information content (AvgIpc) is 2.29. The predicted molar refractivity (Wildman–Crippen MR) is 68.9 cm³/mol. The van der Waals surface area contributed by atoms with Crippen molar-refractivity contribution in [1.29, 1.82) is 0 Å². The van der Waals surface area contributed by atoms with Gasteiger partial charge >= 0.3 is 23.1 Å². The van der Waals surface area contributed by atoms with E-state index in [-0.39, 0.29) is 40.0 Å². The maximum absolute atomic E-state index is 5.64. The van der Waals surface area contributed by atoms with E-state index in [1.807, 2.05) is 18.2 Å². The minimum atomic E-state index is 0. The SMILES string of the molecule is CCCCOc1ccc2c[c-]ccc2c1.[Br-].[Mg+2]. The van der Waals surface area contributed by atoms with Crippen LogP contribution in [0.3, 0.4) is 0 Å².